The van der Waals surface area contributed by atoms with Crippen LogP contribution in [0.3, 0.4) is 0 Å². The summed E-state index contributed by atoms with van der Waals surface area (Å²) < 4.78 is 5.71. The van der Waals surface area contributed by atoms with Gasteiger partial charge in [0.15, 0.2) is 0 Å². The third kappa shape index (κ3) is 2.53. The monoisotopic (exact) mass is 279 g/mol. The van der Waals surface area contributed by atoms with Gasteiger partial charge in [0, 0.05) is 4.88 Å². The number of ether oxygens (including phenoxy) is 1. The van der Waals surface area contributed by atoms with Crippen LogP contribution < -0.4 is 10.5 Å². The summed E-state index contributed by atoms with van der Waals surface area (Å²) in [6.07, 6.45) is 2.77. The third-order valence-electron chi connectivity index (χ3n) is 2.99. The number of thiophene rings is 1. The average molecular weight is 280 g/mol. The maximum absolute atomic E-state index is 6.21. The Hall–Kier alpha value is -1.03. The maximum Gasteiger partial charge on any atom is 0.119 e. The molecule has 2 aromatic rings. The Morgan fingerprint density at radius 1 is 1.22 bits per heavy atom. The first-order valence-electron chi connectivity index (χ1n) is 5.99. The van der Waals surface area contributed by atoms with Gasteiger partial charge in [0.1, 0.15) is 5.75 Å². The van der Waals surface area contributed by atoms with Crippen LogP contribution in [0.5, 0.6) is 5.75 Å². The van der Waals surface area contributed by atoms with Gasteiger partial charge in [-0.15, -0.1) is 11.3 Å². The summed E-state index contributed by atoms with van der Waals surface area (Å²) >= 11 is 7.69. The number of hydrogen-bond donors (Lipinski definition) is 1. The largest absolute Gasteiger partial charge is 0.490 e. The SMILES string of the molecule is NC(c1ccc(OC2CC2)cc1)c1sccc1Cl. The Morgan fingerprint density at radius 3 is 2.50 bits per heavy atom. The van der Waals surface area contributed by atoms with Crippen molar-refractivity contribution in [1.82, 2.24) is 0 Å². The highest BCUT2D eigenvalue weighted by molar-refractivity contribution is 7.10. The van der Waals surface area contributed by atoms with Crippen LogP contribution in [0.1, 0.15) is 29.3 Å². The fourth-order valence-corrected chi connectivity index (χ4v) is 3.01. The Morgan fingerprint density at radius 2 is 1.94 bits per heavy atom. The first-order chi connectivity index (χ1) is 8.74. The van der Waals surface area contributed by atoms with Gasteiger partial charge in [0.05, 0.1) is 17.2 Å². The Labute approximate surface area is 115 Å². The highest BCUT2D eigenvalue weighted by atomic mass is 35.5. The number of halogens is 1. The van der Waals surface area contributed by atoms with E-state index < -0.39 is 0 Å². The summed E-state index contributed by atoms with van der Waals surface area (Å²) in [4.78, 5) is 1.01. The smallest absolute Gasteiger partial charge is 0.119 e. The average Bonchev–Trinajstić information content (AvgIpc) is 3.09. The lowest BCUT2D eigenvalue weighted by Gasteiger charge is -2.12. The molecule has 1 aliphatic carbocycles. The zero-order chi connectivity index (χ0) is 12.5. The van der Waals surface area contributed by atoms with Gasteiger partial charge in [-0.05, 0) is 42.0 Å². The number of hydrogen-bond acceptors (Lipinski definition) is 3. The van der Waals surface area contributed by atoms with Crippen molar-refractivity contribution in [3.63, 3.8) is 0 Å². The molecule has 1 saturated carbocycles. The molecule has 0 saturated heterocycles. The van der Waals surface area contributed by atoms with E-state index in [0.717, 1.165) is 21.2 Å². The quantitative estimate of drug-likeness (QED) is 0.918. The molecule has 1 atom stereocenters. The highest BCUT2D eigenvalue weighted by Gasteiger charge is 2.23. The zero-order valence-corrected chi connectivity index (χ0v) is 11.4. The molecule has 0 aliphatic heterocycles. The maximum atomic E-state index is 6.21. The normalized spacial score (nSPS) is 16.6. The summed E-state index contributed by atoms with van der Waals surface area (Å²) in [5.74, 6) is 0.922. The first-order valence-corrected chi connectivity index (χ1v) is 7.25. The minimum absolute atomic E-state index is 0.160. The summed E-state index contributed by atoms with van der Waals surface area (Å²) in [5, 5.41) is 2.70. The molecule has 1 aromatic carbocycles. The van der Waals surface area contributed by atoms with Crippen molar-refractivity contribution in [2.45, 2.75) is 25.0 Å². The van der Waals surface area contributed by atoms with Crippen LogP contribution in [0.4, 0.5) is 0 Å². The molecule has 4 heteroatoms. The van der Waals surface area contributed by atoms with Gasteiger partial charge in [-0.1, -0.05) is 23.7 Å². The molecule has 1 heterocycles. The van der Waals surface area contributed by atoms with Crippen molar-refractivity contribution in [3.8, 4) is 5.75 Å². The second-order valence-corrected chi connectivity index (χ2v) is 5.85. The highest BCUT2D eigenvalue weighted by Crippen LogP contribution is 2.32. The topological polar surface area (TPSA) is 35.2 Å². The van der Waals surface area contributed by atoms with E-state index in [1.807, 2.05) is 35.7 Å². The van der Waals surface area contributed by atoms with E-state index in [-0.39, 0.29) is 6.04 Å². The van der Waals surface area contributed by atoms with Crippen LogP contribution in [0.15, 0.2) is 35.7 Å². The molecule has 1 unspecified atom stereocenters. The molecule has 3 rings (SSSR count). The van der Waals surface area contributed by atoms with Gasteiger partial charge in [-0.2, -0.15) is 0 Å². The molecule has 2 nitrogen and oxygen atoms in total. The molecule has 1 aromatic heterocycles. The second kappa shape index (κ2) is 4.92. The second-order valence-electron chi connectivity index (χ2n) is 4.50. The molecular formula is C14H14ClNOS. The number of benzene rings is 1. The van der Waals surface area contributed by atoms with Crippen LogP contribution in [0, 0.1) is 0 Å². The van der Waals surface area contributed by atoms with E-state index in [4.69, 9.17) is 22.1 Å². The minimum Gasteiger partial charge on any atom is -0.490 e. The van der Waals surface area contributed by atoms with Crippen LogP contribution >= 0.6 is 22.9 Å². The summed E-state index contributed by atoms with van der Waals surface area (Å²) in [7, 11) is 0. The molecular weight excluding hydrogens is 266 g/mol. The van der Waals surface area contributed by atoms with E-state index >= 15 is 0 Å². The van der Waals surface area contributed by atoms with E-state index in [2.05, 4.69) is 0 Å². The third-order valence-corrected chi connectivity index (χ3v) is 4.44. The van der Waals surface area contributed by atoms with E-state index in [1.54, 1.807) is 11.3 Å². The van der Waals surface area contributed by atoms with Crippen molar-refractivity contribution in [3.05, 3.63) is 51.2 Å². The fourth-order valence-electron chi connectivity index (χ4n) is 1.81. The summed E-state index contributed by atoms with van der Waals surface area (Å²) in [6.45, 7) is 0. The number of nitrogens with two attached hydrogens (primary N) is 1. The first kappa shape index (κ1) is 12.0. The van der Waals surface area contributed by atoms with E-state index in [0.29, 0.717) is 6.10 Å². The van der Waals surface area contributed by atoms with Crippen molar-refractivity contribution in [2.24, 2.45) is 5.73 Å². The van der Waals surface area contributed by atoms with Gasteiger partial charge in [-0.25, -0.2) is 0 Å². The van der Waals surface area contributed by atoms with E-state index in [1.165, 1.54) is 12.8 Å². The standard InChI is InChI=1S/C14H14ClNOS/c15-12-7-8-18-14(12)13(16)9-1-3-10(4-2-9)17-11-5-6-11/h1-4,7-8,11,13H,5-6,16H2. The molecule has 2 N–H and O–H groups in total. The van der Waals surface area contributed by atoms with Crippen LogP contribution in [-0.2, 0) is 0 Å². The zero-order valence-electron chi connectivity index (χ0n) is 9.80. The lowest BCUT2D eigenvalue weighted by atomic mass is 10.1. The fraction of sp³-hybridized carbons (Fsp3) is 0.286. The van der Waals surface area contributed by atoms with Gasteiger partial charge in [0.25, 0.3) is 0 Å². The van der Waals surface area contributed by atoms with Crippen LogP contribution in [-0.4, -0.2) is 6.10 Å². The predicted molar refractivity (Wildman–Crippen MR) is 75.5 cm³/mol. The van der Waals surface area contributed by atoms with Crippen LogP contribution in [0.2, 0.25) is 5.02 Å². The molecule has 0 amide bonds. The van der Waals surface area contributed by atoms with Crippen molar-refractivity contribution in [2.75, 3.05) is 0 Å². The van der Waals surface area contributed by atoms with Crippen LogP contribution in [0.25, 0.3) is 0 Å². The molecule has 0 bridgehead atoms. The van der Waals surface area contributed by atoms with Gasteiger partial charge in [-0.3, -0.25) is 0 Å². The molecule has 1 fully saturated rings. The molecule has 0 spiro atoms. The lowest BCUT2D eigenvalue weighted by Crippen LogP contribution is -2.10. The molecule has 18 heavy (non-hydrogen) atoms. The summed E-state index contributed by atoms with van der Waals surface area (Å²) in [6, 6.07) is 9.71. The van der Waals surface area contributed by atoms with Gasteiger partial charge >= 0.3 is 0 Å². The predicted octanol–water partition coefficient (Wildman–Crippen LogP) is 3.99. The number of rotatable bonds is 4. The van der Waals surface area contributed by atoms with Crippen molar-refractivity contribution >= 4 is 22.9 Å². The van der Waals surface area contributed by atoms with Crippen molar-refractivity contribution < 1.29 is 4.74 Å². The van der Waals surface area contributed by atoms with Gasteiger partial charge < -0.3 is 10.5 Å². The van der Waals surface area contributed by atoms with E-state index in [9.17, 15) is 0 Å². The van der Waals surface area contributed by atoms with Gasteiger partial charge in [0.2, 0.25) is 0 Å². The molecule has 0 radical (unpaired) electrons. The molecule has 1 aliphatic rings. The lowest BCUT2D eigenvalue weighted by molar-refractivity contribution is 0.303. The molecule has 94 valence electrons. The Bertz CT molecular complexity index is 533. The minimum atomic E-state index is -0.160. The Balaban J connectivity index is 1.77. The summed E-state index contributed by atoms with van der Waals surface area (Å²) in [5.41, 5.74) is 7.27. The van der Waals surface area contributed by atoms with Crippen molar-refractivity contribution in [1.29, 1.82) is 0 Å². The Kier molecular flexibility index (Phi) is 3.29.